The van der Waals surface area contributed by atoms with Gasteiger partial charge in [-0.3, -0.25) is 9.59 Å². The fraction of sp³-hybridized carbons (Fsp3) is 0.419. The lowest BCUT2D eigenvalue weighted by atomic mass is 9.82. The van der Waals surface area contributed by atoms with Gasteiger partial charge in [0.25, 0.3) is 0 Å². The molecule has 0 aromatic heterocycles. The van der Waals surface area contributed by atoms with E-state index in [9.17, 15) is 9.59 Å². The molecule has 5 rings (SSSR count). The Morgan fingerprint density at radius 1 is 0.865 bits per heavy atom. The van der Waals surface area contributed by atoms with E-state index in [2.05, 4.69) is 69.6 Å². The summed E-state index contributed by atoms with van der Waals surface area (Å²) < 4.78 is 0. The fourth-order valence-electron chi connectivity index (χ4n) is 5.96. The van der Waals surface area contributed by atoms with Gasteiger partial charge < -0.3 is 0 Å². The van der Waals surface area contributed by atoms with E-state index in [0.717, 1.165) is 33.7 Å². The predicted molar refractivity (Wildman–Crippen MR) is 148 cm³/mol. The van der Waals surface area contributed by atoms with Crippen molar-refractivity contribution >= 4 is 29.3 Å². The second-order valence-corrected chi connectivity index (χ2v) is 10.6. The van der Waals surface area contributed by atoms with Crippen molar-refractivity contribution in [2.45, 2.75) is 71.1 Å². The summed E-state index contributed by atoms with van der Waals surface area (Å²) in [6.45, 7) is 4.04. The number of benzene rings is 2. The summed E-state index contributed by atoms with van der Waals surface area (Å²) in [6.07, 6.45) is 12.2. The molecule has 6 nitrogen and oxygen atoms in total. The Hall–Kier alpha value is -3.54. The van der Waals surface area contributed by atoms with Crippen LogP contribution in [-0.2, 0) is 16.0 Å². The Bertz CT molecular complexity index is 1250. The van der Waals surface area contributed by atoms with Crippen molar-refractivity contribution in [3.05, 3.63) is 76.4 Å². The molecule has 0 spiro atoms. The zero-order valence-corrected chi connectivity index (χ0v) is 21.8. The number of rotatable bonds is 6. The average molecular weight is 497 g/mol. The molecule has 2 heterocycles. The molecule has 1 saturated carbocycles. The maximum Gasteiger partial charge on any atom is 0.240 e. The van der Waals surface area contributed by atoms with E-state index in [1.807, 2.05) is 19.9 Å². The van der Waals surface area contributed by atoms with Gasteiger partial charge >= 0.3 is 0 Å². The lowest BCUT2D eigenvalue weighted by molar-refractivity contribution is -0.122. The normalized spacial score (nSPS) is 22.9. The third-order valence-corrected chi connectivity index (χ3v) is 7.91. The van der Waals surface area contributed by atoms with Gasteiger partial charge in [-0.2, -0.15) is 10.2 Å². The smallest absolute Gasteiger partial charge is 0.240 e. The fourth-order valence-corrected chi connectivity index (χ4v) is 5.96. The monoisotopic (exact) mass is 496 g/mol. The van der Waals surface area contributed by atoms with E-state index >= 15 is 0 Å². The molecule has 2 atom stereocenters. The topological polar surface area (TPSA) is 82.9 Å². The molecule has 37 heavy (non-hydrogen) atoms. The van der Waals surface area contributed by atoms with Gasteiger partial charge in [-0.25, -0.2) is 10.9 Å². The van der Waals surface area contributed by atoms with Crippen LogP contribution in [0.4, 0.5) is 0 Å². The molecule has 0 bridgehead atoms. The number of hydrogen-bond acceptors (Lipinski definition) is 4. The highest BCUT2D eigenvalue weighted by Crippen LogP contribution is 2.33. The predicted octanol–water partition coefficient (Wildman–Crippen LogP) is 5.71. The van der Waals surface area contributed by atoms with Crippen LogP contribution in [0, 0.1) is 11.8 Å². The van der Waals surface area contributed by atoms with Gasteiger partial charge in [-0.1, -0.05) is 74.7 Å². The van der Waals surface area contributed by atoms with Crippen molar-refractivity contribution in [2.75, 3.05) is 0 Å². The molecule has 1 fully saturated rings. The summed E-state index contributed by atoms with van der Waals surface area (Å²) in [7, 11) is 0. The summed E-state index contributed by atoms with van der Waals surface area (Å²) in [6, 6.07) is 15.2. The van der Waals surface area contributed by atoms with E-state index in [4.69, 9.17) is 0 Å². The first-order valence-electron chi connectivity index (χ1n) is 13.6. The minimum atomic E-state index is -0.0516. The number of allylic oxidation sites excluding steroid dienone is 1. The number of nitrogens with zero attached hydrogens (tertiary/aromatic N) is 2. The largest absolute Gasteiger partial charge is 0.273 e. The van der Waals surface area contributed by atoms with Crippen LogP contribution in [0.25, 0.3) is 6.08 Å². The number of amides is 2. The third kappa shape index (κ3) is 5.74. The van der Waals surface area contributed by atoms with E-state index in [1.165, 1.54) is 37.7 Å². The molecule has 2 amide bonds. The molecule has 1 aliphatic carbocycles. The zero-order valence-electron chi connectivity index (χ0n) is 21.8. The van der Waals surface area contributed by atoms with Gasteiger partial charge in [0.05, 0.1) is 11.4 Å². The van der Waals surface area contributed by atoms with E-state index in [1.54, 1.807) is 0 Å². The van der Waals surface area contributed by atoms with Gasteiger partial charge in [0, 0.05) is 24.7 Å². The summed E-state index contributed by atoms with van der Waals surface area (Å²) >= 11 is 0. The third-order valence-electron chi connectivity index (χ3n) is 7.91. The second kappa shape index (κ2) is 11.2. The van der Waals surface area contributed by atoms with E-state index in [0.29, 0.717) is 25.2 Å². The highest BCUT2D eigenvalue weighted by Gasteiger charge is 2.28. The van der Waals surface area contributed by atoms with E-state index in [-0.39, 0.29) is 23.7 Å². The first-order valence-corrected chi connectivity index (χ1v) is 13.6. The number of carbonyl (C=O) groups excluding carboxylic acids is 2. The van der Waals surface area contributed by atoms with Crippen molar-refractivity contribution in [2.24, 2.45) is 22.0 Å². The molecule has 0 radical (unpaired) electrons. The summed E-state index contributed by atoms with van der Waals surface area (Å²) in [4.78, 5) is 24.2. The van der Waals surface area contributed by atoms with Crippen LogP contribution >= 0.6 is 0 Å². The molecule has 0 saturated heterocycles. The maximum absolute atomic E-state index is 12.4. The maximum atomic E-state index is 12.4. The lowest BCUT2D eigenvalue weighted by Crippen LogP contribution is -2.35. The van der Waals surface area contributed by atoms with Crippen molar-refractivity contribution in [3.63, 3.8) is 0 Å². The van der Waals surface area contributed by atoms with Crippen molar-refractivity contribution in [1.82, 2.24) is 10.9 Å². The Labute approximate surface area is 219 Å². The molecule has 2 N–H and O–H groups in total. The molecule has 2 aromatic rings. The minimum absolute atomic E-state index is 0.0287. The highest BCUT2D eigenvalue weighted by atomic mass is 16.2. The van der Waals surface area contributed by atoms with Crippen LogP contribution in [0.2, 0.25) is 0 Å². The molecule has 2 unspecified atom stereocenters. The molecule has 2 aromatic carbocycles. The summed E-state index contributed by atoms with van der Waals surface area (Å²) in [5, 5.41) is 8.89. The van der Waals surface area contributed by atoms with Crippen molar-refractivity contribution in [1.29, 1.82) is 0 Å². The van der Waals surface area contributed by atoms with Gasteiger partial charge in [0.1, 0.15) is 0 Å². The molecular formula is C31H36N4O2. The SMILES string of the molecule is C/C=C/c1ccc(C2=NNC(=O)CC2C)cc1CC1CC(=O)NN=C1c1ccc(C2CCCCC2)cc1. The van der Waals surface area contributed by atoms with Gasteiger partial charge in [0.2, 0.25) is 11.8 Å². The number of hydrogen-bond donors (Lipinski definition) is 2. The standard InChI is InChI=1S/C31H36N4O2/c1-3-7-21-12-15-25(30-20(2)16-28(36)32-34-30)17-26(21)18-27-19-29(37)33-35-31(27)24-13-10-23(11-14-24)22-8-5-4-6-9-22/h3,7,10-15,17,20,22,27H,4-6,8-9,16,18-19H2,1-2H3,(H,32,36)(H,33,37)/b7-3+. The van der Waals surface area contributed by atoms with Crippen LogP contribution in [0.1, 0.15) is 92.5 Å². The summed E-state index contributed by atoms with van der Waals surface area (Å²) in [5.41, 5.74) is 12.9. The van der Waals surface area contributed by atoms with Gasteiger partial charge in [0.15, 0.2) is 0 Å². The number of hydrazone groups is 2. The van der Waals surface area contributed by atoms with E-state index < -0.39 is 0 Å². The zero-order chi connectivity index (χ0) is 25.8. The van der Waals surface area contributed by atoms with Crippen molar-refractivity contribution in [3.8, 4) is 0 Å². The molecule has 6 heteroatoms. The van der Waals surface area contributed by atoms with Crippen LogP contribution in [0.5, 0.6) is 0 Å². The van der Waals surface area contributed by atoms with Gasteiger partial charge in [-0.05, 0) is 66.0 Å². The molecule has 3 aliphatic rings. The highest BCUT2D eigenvalue weighted by molar-refractivity contribution is 6.07. The Kier molecular flexibility index (Phi) is 7.63. The Morgan fingerprint density at radius 3 is 2.24 bits per heavy atom. The molecule has 2 aliphatic heterocycles. The van der Waals surface area contributed by atoms with Crippen LogP contribution in [0.3, 0.4) is 0 Å². The molecule has 192 valence electrons. The second-order valence-electron chi connectivity index (χ2n) is 10.6. The quantitative estimate of drug-likeness (QED) is 0.537. The van der Waals surface area contributed by atoms with Crippen LogP contribution in [0.15, 0.2) is 58.7 Å². The number of carbonyl (C=O) groups is 2. The van der Waals surface area contributed by atoms with Crippen LogP contribution < -0.4 is 10.9 Å². The Balaban J connectivity index is 1.43. The van der Waals surface area contributed by atoms with Crippen LogP contribution in [-0.4, -0.2) is 23.2 Å². The average Bonchev–Trinajstić information content (AvgIpc) is 2.91. The first kappa shape index (κ1) is 25.1. The summed E-state index contributed by atoms with van der Waals surface area (Å²) in [5.74, 6) is 0.580. The minimum Gasteiger partial charge on any atom is -0.273 e. The number of nitrogens with one attached hydrogen (secondary N) is 2. The first-order chi connectivity index (χ1) is 18.0. The Morgan fingerprint density at radius 2 is 1.54 bits per heavy atom. The van der Waals surface area contributed by atoms with Gasteiger partial charge in [-0.15, -0.1) is 0 Å². The lowest BCUT2D eigenvalue weighted by Gasteiger charge is -2.26. The van der Waals surface area contributed by atoms with Crippen molar-refractivity contribution < 1.29 is 9.59 Å². The molecular weight excluding hydrogens is 460 g/mol.